The highest BCUT2D eigenvalue weighted by Gasteiger charge is 2.47. The van der Waals surface area contributed by atoms with Gasteiger partial charge < -0.3 is 10.2 Å². The molecular formula is C16H17F3N2O. The number of carbonyl (C=O) groups excluding carboxylic acids is 1. The van der Waals surface area contributed by atoms with E-state index in [0.717, 1.165) is 12.0 Å². The van der Waals surface area contributed by atoms with Gasteiger partial charge in [-0.25, -0.2) is 0 Å². The molecule has 22 heavy (non-hydrogen) atoms. The van der Waals surface area contributed by atoms with E-state index < -0.39 is 17.6 Å². The second-order valence-corrected chi connectivity index (χ2v) is 6.57. The van der Waals surface area contributed by atoms with Crippen molar-refractivity contribution in [3.63, 3.8) is 0 Å². The van der Waals surface area contributed by atoms with E-state index in [1.54, 1.807) is 4.90 Å². The van der Waals surface area contributed by atoms with Crippen molar-refractivity contribution in [1.29, 1.82) is 0 Å². The average molecular weight is 310 g/mol. The van der Waals surface area contributed by atoms with E-state index in [4.69, 9.17) is 0 Å². The first kappa shape index (κ1) is 14.1. The SMILES string of the molecule is C[C@@H]1C[C@H]1c1cc2c(c(C(F)(F)F)c1)C(=O)N1CCNC[C@@H]21. The molecule has 3 nitrogen and oxygen atoms in total. The van der Waals surface area contributed by atoms with Crippen LogP contribution < -0.4 is 5.32 Å². The number of carbonyl (C=O) groups is 1. The van der Waals surface area contributed by atoms with Crippen LogP contribution in [0.4, 0.5) is 13.2 Å². The largest absolute Gasteiger partial charge is 0.417 e. The Morgan fingerprint density at radius 1 is 1.32 bits per heavy atom. The van der Waals surface area contributed by atoms with Crippen LogP contribution in [0.2, 0.25) is 0 Å². The van der Waals surface area contributed by atoms with Gasteiger partial charge >= 0.3 is 6.18 Å². The number of nitrogens with one attached hydrogen (secondary N) is 1. The number of amides is 1. The summed E-state index contributed by atoms with van der Waals surface area (Å²) in [6.45, 7) is 3.67. The molecule has 3 aliphatic rings. The van der Waals surface area contributed by atoms with Crippen molar-refractivity contribution in [2.75, 3.05) is 19.6 Å². The third-order valence-electron chi connectivity index (χ3n) is 5.11. The summed E-state index contributed by atoms with van der Waals surface area (Å²) in [6.07, 6.45) is -3.56. The molecule has 1 N–H and O–H groups in total. The normalized spacial score (nSPS) is 30.3. The van der Waals surface area contributed by atoms with Gasteiger partial charge in [0.2, 0.25) is 0 Å². The minimum Gasteiger partial charge on any atom is -0.329 e. The molecule has 2 heterocycles. The van der Waals surface area contributed by atoms with Gasteiger partial charge in [-0.15, -0.1) is 0 Å². The van der Waals surface area contributed by atoms with Crippen LogP contribution >= 0.6 is 0 Å². The molecule has 6 heteroatoms. The molecule has 0 unspecified atom stereocenters. The van der Waals surface area contributed by atoms with E-state index in [1.807, 2.05) is 13.0 Å². The summed E-state index contributed by atoms with van der Waals surface area (Å²) < 4.78 is 40.4. The van der Waals surface area contributed by atoms with Gasteiger partial charge in [0.25, 0.3) is 5.91 Å². The van der Waals surface area contributed by atoms with Crippen LogP contribution in [-0.4, -0.2) is 30.4 Å². The van der Waals surface area contributed by atoms with Crippen LogP contribution in [0.15, 0.2) is 12.1 Å². The monoisotopic (exact) mass is 310 g/mol. The Morgan fingerprint density at radius 2 is 2.05 bits per heavy atom. The van der Waals surface area contributed by atoms with Crippen LogP contribution in [0.5, 0.6) is 0 Å². The third-order valence-corrected chi connectivity index (χ3v) is 5.11. The fourth-order valence-electron chi connectivity index (χ4n) is 3.78. The maximum Gasteiger partial charge on any atom is 0.417 e. The van der Waals surface area contributed by atoms with Crippen LogP contribution in [0, 0.1) is 5.92 Å². The molecule has 1 aromatic rings. The molecule has 3 atom stereocenters. The predicted octanol–water partition coefficient (Wildman–Crippen LogP) is 2.93. The van der Waals surface area contributed by atoms with Crippen LogP contribution in [0.3, 0.4) is 0 Å². The number of rotatable bonds is 1. The lowest BCUT2D eigenvalue weighted by atomic mass is 9.93. The third kappa shape index (κ3) is 1.96. The number of hydrogen-bond donors (Lipinski definition) is 1. The summed E-state index contributed by atoms with van der Waals surface area (Å²) in [5.41, 5.74) is 0.414. The smallest absolute Gasteiger partial charge is 0.329 e. The highest BCUT2D eigenvalue weighted by Crippen LogP contribution is 2.51. The average Bonchev–Trinajstić information content (AvgIpc) is 3.14. The van der Waals surface area contributed by atoms with E-state index in [-0.39, 0.29) is 17.5 Å². The Kier molecular flexibility index (Phi) is 2.86. The van der Waals surface area contributed by atoms with Gasteiger partial charge in [-0.2, -0.15) is 13.2 Å². The highest BCUT2D eigenvalue weighted by molar-refractivity contribution is 6.01. The summed E-state index contributed by atoms with van der Waals surface area (Å²) in [4.78, 5) is 14.0. The van der Waals surface area contributed by atoms with Crippen molar-refractivity contribution < 1.29 is 18.0 Å². The first-order chi connectivity index (χ1) is 10.4. The van der Waals surface area contributed by atoms with Gasteiger partial charge in [0, 0.05) is 19.6 Å². The van der Waals surface area contributed by atoms with Crippen molar-refractivity contribution in [2.24, 2.45) is 5.92 Å². The van der Waals surface area contributed by atoms with Gasteiger partial charge in [0.15, 0.2) is 0 Å². The first-order valence-corrected chi connectivity index (χ1v) is 7.64. The van der Waals surface area contributed by atoms with E-state index in [1.165, 1.54) is 6.07 Å². The molecule has 1 aromatic carbocycles. The minimum atomic E-state index is -4.49. The minimum absolute atomic E-state index is 0.127. The topological polar surface area (TPSA) is 32.3 Å². The van der Waals surface area contributed by atoms with E-state index in [0.29, 0.717) is 31.1 Å². The van der Waals surface area contributed by atoms with Gasteiger partial charge in [-0.3, -0.25) is 4.79 Å². The Balaban J connectivity index is 1.89. The summed E-state index contributed by atoms with van der Waals surface area (Å²) in [7, 11) is 0. The molecule has 0 spiro atoms. The van der Waals surface area contributed by atoms with E-state index >= 15 is 0 Å². The molecule has 2 aliphatic heterocycles. The summed E-state index contributed by atoms with van der Waals surface area (Å²) in [5.74, 6) is 0.160. The van der Waals surface area contributed by atoms with Crippen molar-refractivity contribution in [3.05, 3.63) is 34.4 Å². The van der Waals surface area contributed by atoms with Crippen LogP contribution in [0.25, 0.3) is 0 Å². The van der Waals surface area contributed by atoms with Crippen molar-refractivity contribution in [1.82, 2.24) is 10.2 Å². The van der Waals surface area contributed by atoms with Crippen LogP contribution in [-0.2, 0) is 6.18 Å². The fourth-order valence-corrected chi connectivity index (χ4v) is 3.78. The Morgan fingerprint density at radius 3 is 2.68 bits per heavy atom. The zero-order valence-corrected chi connectivity index (χ0v) is 12.2. The number of benzene rings is 1. The van der Waals surface area contributed by atoms with Gasteiger partial charge in [0.1, 0.15) is 0 Å². The standard InChI is InChI=1S/C16H17F3N2O/c1-8-4-10(8)9-5-11-13-7-20-2-3-21(13)15(22)14(11)12(6-9)16(17,18)19/h5-6,8,10,13,20H,2-4,7H2,1H3/t8-,10-,13+/m1/s1. The van der Waals surface area contributed by atoms with Crippen LogP contribution in [0.1, 0.15) is 52.4 Å². The highest BCUT2D eigenvalue weighted by atomic mass is 19.4. The molecule has 1 saturated carbocycles. The van der Waals surface area contributed by atoms with Gasteiger partial charge in [0.05, 0.1) is 17.2 Å². The lowest BCUT2D eigenvalue weighted by Gasteiger charge is -2.30. The first-order valence-electron chi connectivity index (χ1n) is 7.64. The number of hydrogen-bond acceptors (Lipinski definition) is 2. The summed E-state index contributed by atoms with van der Waals surface area (Å²) >= 11 is 0. The Bertz CT molecular complexity index is 656. The predicted molar refractivity (Wildman–Crippen MR) is 74.6 cm³/mol. The molecule has 2 fully saturated rings. The Hall–Kier alpha value is -1.56. The molecular weight excluding hydrogens is 293 g/mol. The lowest BCUT2D eigenvalue weighted by Crippen LogP contribution is -2.44. The molecule has 0 aromatic heterocycles. The number of fused-ring (bicyclic) bond motifs is 3. The number of alkyl halides is 3. The summed E-state index contributed by atoms with van der Waals surface area (Å²) in [6, 6.07) is 2.79. The maximum atomic E-state index is 13.5. The number of nitrogens with zero attached hydrogens (tertiary/aromatic N) is 1. The fraction of sp³-hybridized carbons (Fsp3) is 0.562. The van der Waals surface area contributed by atoms with Crippen molar-refractivity contribution in [3.8, 4) is 0 Å². The quantitative estimate of drug-likeness (QED) is 0.865. The lowest BCUT2D eigenvalue weighted by molar-refractivity contribution is -0.138. The van der Waals surface area contributed by atoms with E-state index in [9.17, 15) is 18.0 Å². The molecule has 1 aliphatic carbocycles. The van der Waals surface area contributed by atoms with Gasteiger partial charge in [-0.05, 0) is 35.4 Å². The molecule has 0 radical (unpaired) electrons. The van der Waals surface area contributed by atoms with Crippen molar-refractivity contribution >= 4 is 5.91 Å². The zero-order valence-electron chi connectivity index (χ0n) is 12.2. The second kappa shape index (κ2) is 4.47. The second-order valence-electron chi connectivity index (χ2n) is 6.57. The number of piperazine rings is 1. The Labute approximate surface area is 126 Å². The summed E-state index contributed by atoms with van der Waals surface area (Å²) in [5, 5.41) is 3.17. The number of halogens is 3. The molecule has 1 saturated heterocycles. The molecule has 118 valence electrons. The molecule has 0 bridgehead atoms. The molecule has 4 rings (SSSR count). The van der Waals surface area contributed by atoms with E-state index in [2.05, 4.69) is 5.32 Å². The zero-order chi connectivity index (χ0) is 15.6. The maximum absolute atomic E-state index is 13.5. The van der Waals surface area contributed by atoms with Gasteiger partial charge in [-0.1, -0.05) is 13.0 Å². The molecule has 1 amide bonds. The van der Waals surface area contributed by atoms with Crippen molar-refractivity contribution in [2.45, 2.75) is 31.5 Å².